The highest BCUT2D eigenvalue weighted by atomic mass is 32.1. The number of hydrazine groups is 1. The van der Waals surface area contributed by atoms with Crippen molar-refractivity contribution >= 4 is 17.3 Å². The van der Waals surface area contributed by atoms with Gasteiger partial charge in [-0.2, -0.15) is 0 Å². The number of hydrogen-bond donors (Lipinski definition) is 2. The zero-order valence-electron chi connectivity index (χ0n) is 12.0. The van der Waals surface area contributed by atoms with Crippen molar-refractivity contribution in [3.63, 3.8) is 0 Å². The molecule has 0 bridgehead atoms. The highest BCUT2D eigenvalue weighted by Crippen LogP contribution is 2.42. The minimum Gasteiger partial charge on any atom is -0.457 e. The summed E-state index contributed by atoms with van der Waals surface area (Å²) >= 11 is 5.36. The lowest BCUT2D eigenvalue weighted by Crippen LogP contribution is -2.45. The van der Waals surface area contributed by atoms with Crippen LogP contribution in [0.2, 0.25) is 0 Å². The van der Waals surface area contributed by atoms with Gasteiger partial charge in [-0.1, -0.05) is 36.4 Å². The Morgan fingerprint density at radius 1 is 1.00 bits per heavy atom. The van der Waals surface area contributed by atoms with Crippen molar-refractivity contribution in [3.05, 3.63) is 59.7 Å². The molecule has 0 fully saturated rings. The normalized spacial score (nSPS) is 13.1. The second-order valence-electron chi connectivity index (χ2n) is 5.09. The van der Waals surface area contributed by atoms with E-state index in [2.05, 4.69) is 22.9 Å². The van der Waals surface area contributed by atoms with Gasteiger partial charge < -0.3 is 10.1 Å². The summed E-state index contributed by atoms with van der Waals surface area (Å²) in [5.74, 6) is 1.72. The highest BCUT2D eigenvalue weighted by molar-refractivity contribution is 7.80. The average Bonchev–Trinajstić information content (AvgIpc) is 2.46. The molecule has 0 aromatic heterocycles. The topological polar surface area (TPSA) is 36.5 Å². The second kappa shape index (κ2) is 5.71. The maximum absolute atomic E-state index is 5.96. The zero-order valence-corrected chi connectivity index (χ0v) is 12.8. The van der Waals surface area contributed by atoms with E-state index >= 15 is 0 Å². The van der Waals surface area contributed by atoms with Crippen LogP contribution in [-0.4, -0.2) is 24.2 Å². The van der Waals surface area contributed by atoms with Gasteiger partial charge in [-0.3, -0.25) is 5.43 Å². The summed E-state index contributed by atoms with van der Waals surface area (Å²) in [4.78, 5) is 0. The second-order valence-corrected chi connectivity index (χ2v) is 5.50. The van der Waals surface area contributed by atoms with Gasteiger partial charge in [-0.05, 0) is 24.4 Å². The van der Waals surface area contributed by atoms with Crippen LogP contribution in [0.15, 0.2) is 48.5 Å². The van der Waals surface area contributed by atoms with Gasteiger partial charge in [0.2, 0.25) is 0 Å². The third kappa shape index (κ3) is 2.84. The molecular formula is C16H17N3OS. The van der Waals surface area contributed by atoms with Gasteiger partial charge in [0.1, 0.15) is 11.5 Å². The average molecular weight is 299 g/mol. The molecule has 2 aromatic carbocycles. The van der Waals surface area contributed by atoms with Crippen LogP contribution in [0.25, 0.3) is 0 Å². The quantitative estimate of drug-likeness (QED) is 0.659. The number of benzene rings is 2. The van der Waals surface area contributed by atoms with Crippen molar-refractivity contribution in [1.29, 1.82) is 0 Å². The van der Waals surface area contributed by atoms with Gasteiger partial charge in [0.05, 0.1) is 6.04 Å². The molecule has 1 aliphatic rings. The SMILES string of the molecule is CN(C)NC(=S)NC1c2ccccc2Oc2ccccc21. The fourth-order valence-electron chi connectivity index (χ4n) is 2.43. The first kappa shape index (κ1) is 13.9. The molecule has 2 N–H and O–H groups in total. The predicted octanol–water partition coefficient (Wildman–Crippen LogP) is 2.82. The lowest BCUT2D eigenvalue weighted by atomic mass is 9.95. The Bertz CT molecular complexity index is 627. The minimum atomic E-state index is -0.0221. The van der Waals surface area contributed by atoms with Crippen molar-refractivity contribution in [3.8, 4) is 11.5 Å². The number of thiocarbonyl (C=S) groups is 1. The van der Waals surface area contributed by atoms with E-state index in [-0.39, 0.29) is 6.04 Å². The Kier molecular flexibility index (Phi) is 3.77. The van der Waals surface area contributed by atoms with E-state index in [0.29, 0.717) is 5.11 Å². The fourth-order valence-corrected chi connectivity index (χ4v) is 2.73. The lowest BCUT2D eigenvalue weighted by Gasteiger charge is -2.30. The minimum absolute atomic E-state index is 0.0221. The van der Waals surface area contributed by atoms with Crippen LogP contribution in [0.3, 0.4) is 0 Å². The monoisotopic (exact) mass is 299 g/mol. The van der Waals surface area contributed by atoms with Gasteiger partial charge in [-0.15, -0.1) is 0 Å². The van der Waals surface area contributed by atoms with Crippen LogP contribution >= 0.6 is 12.2 Å². The molecule has 0 saturated carbocycles. The molecule has 0 saturated heterocycles. The summed E-state index contributed by atoms with van der Waals surface area (Å²) in [5, 5.41) is 5.75. The van der Waals surface area contributed by atoms with Crippen molar-refractivity contribution in [2.24, 2.45) is 0 Å². The van der Waals surface area contributed by atoms with Crippen molar-refractivity contribution in [2.75, 3.05) is 14.1 Å². The van der Waals surface area contributed by atoms with Gasteiger partial charge in [0, 0.05) is 25.2 Å². The Labute approximate surface area is 129 Å². The first-order valence-corrected chi connectivity index (χ1v) is 7.16. The number of rotatable bonds is 2. The first-order chi connectivity index (χ1) is 10.1. The number of hydrogen-bond acceptors (Lipinski definition) is 3. The molecule has 0 spiro atoms. The maximum atomic E-state index is 5.96. The van der Waals surface area contributed by atoms with E-state index in [0.717, 1.165) is 22.6 Å². The van der Waals surface area contributed by atoms with Crippen molar-refractivity contribution in [1.82, 2.24) is 15.8 Å². The van der Waals surface area contributed by atoms with Crippen LogP contribution in [0.5, 0.6) is 11.5 Å². The van der Waals surface area contributed by atoms with Gasteiger partial charge in [-0.25, -0.2) is 5.01 Å². The standard InChI is InChI=1S/C16H17N3OS/c1-19(2)18-16(21)17-15-11-7-3-5-9-13(11)20-14-10-6-4-8-12(14)15/h3-10,15H,1-2H3,(H2,17,18,21). The molecule has 0 atom stereocenters. The molecule has 0 aliphatic carbocycles. The molecule has 0 radical (unpaired) electrons. The summed E-state index contributed by atoms with van der Waals surface area (Å²) < 4.78 is 5.96. The molecule has 2 aromatic rings. The molecular weight excluding hydrogens is 282 g/mol. The maximum Gasteiger partial charge on any atom is 0.181 e. The van der Waals surface area contributed by atoms with Gasteiger partial charge in [0.25, 0.3) is 0 Å². The van der Waals surface area contributed by atoms with Gasteiger partial charge >= 0.3 is 0 Å². The number of nitrogens with one attached hydrogen (secondary N) is 2. The third-order valence-electron chi connectivity index (χ3n) is 3.28. The Balaban J connectivity index is 1.97. The first-order valence-electron chi connectivity index (χ1n) is 6.75. The third-order valence-corrected chi connectivity index (χ3v) is 3.49. The lowest BCUT2D eigenvalue weighted by molar-refractivity contribution is 0.357. The van der Waals surface area contributed by atoms with Crippen LogP contribution < -0.4 is 15.5 Å². The van der Waals surface area contributed by atoms with Crippen LogP contribution in [0.4, 0.5) is 0 Å². The van der Waals surface area contributed by atoms with Crippen LogP contribution in [0, 0.1) is 0 Å². The molecule has 3 rings (SSSR count). The smallest absolute Gasteiger partial charge is 0.181 e. The Morgan fingerprint density at radius 3 is 2.05 bits per heavy atom. The molecule has 0 amide bonds. The number of ether oxygens (including phenoxy) is 1. The highest BCUT2D eigenvalue weighted by Gasteiger charge is 2.27. The van der Waals surface area contributed by atoms with Gasteiger partial charge in [0.15, 0.2) is 5.11 Å². The Morgan fingerprint density at radius 2 is 1.52 bits per heavy atom. The molecule has 1 heterocycles. The number of para-hydroxylation sites is 2. The summed E-state index contributed by atoms with van der Waals surface area (Å²) in [7, 11) is 3.81. The summed E-state index contributed by atoms with van der Waals surface area (Å²) in [6.07, 6.45) is 0. The summed E-state index contributed by atoms with van der Waals surface area (Å²) in [6.45, 7) is 0. The van der Waals surface area contributed by atoms with E-state index in [1.165, 1.54) is 0 Å². The number of fused-ring (bicyclic) bond motifs is 2. The van der Waals surface area contributed by atoms with Crippen molar-refractivity contribution in [2.45, 2.75) is 6.04 Å². The fraction of sp³-hybridized carbons (Fsp3) is 0.188. The molecule has 108 valence electrons. The van der Waals surface area contributed by atoms with E-state index in [9.17, 15) is 0 Å². The molecule has 0 unspecified atom stereocenters. The van der Waals surface area contributed by atoms with Crippen LogP contribution in [-0.2, 0) is 0 Å². The molecule has 21 heavy (non-hydrogen) atoms. The zero-order chi connectivity index (χ0) is 14.8. The van der Waals surface area contributed by atoms with E-state index in [1.54, 1.807) is 0 Å². The van der Waals surface area contributed by atoms with Crippen LogP contribution in [0.1, 0.15) is 17.2 Å². The van der Waals surface area contributed by atoms with E-state index in [4.69, 9.17) is 17.0 Å². The van der Waals surface area contributed by atoms with E-state index < -0.39 is 0 Å². The Hall–Kier alpha value is -2.11. The molecule has 5 heteroatoms. The summed E-state index contributed by atoms with van der Waals surface area (Å²) in [5.41, 5.74) is 5.23. The number of nitrogens with zero attached hydrogens (tertiary/aromatic N) is 1. The molecule has 4 nitrogen and oxygen atoms in total. The summed E-state index contributed by atoms with van der Waals surface area (Å²) in [6, 6.07) is 16.0. The molecule has 1 aliphatic heterocycles. The predicted molar refractivity (Wildman–Crippen MR) is 87.4 cm³/mol. The van der Waals surface area contributed by atoms with E-state index in [1.807, 2.05) is 55.5 Å². The van der Waals surface area contributed by atoms with Crippen molar-refractivity contribution < 1.29 is 4.74 Å². The largest absolute Gasteiger partial charge is 0.457 e.